The van der Waals surface area contributed by atoms with E-state index >= 15 is 0 Å². The molecule has 0 saturated heterocycles. The van der Waals surface area contributed by atoms with Gasteiger partial charge in [-0.3, -0.25) is 9.69 Å². The Bertz CT molecular complexity index is 929. The molecular formula is C19H17F3N4O3. The number of amides is 3. The maximum Gasteiger partial charge on any atom is 0.573 e. The van der Waals surface area contributed by atoms with Gasteiger partial charge in [-0.15, -0.1) is 13.2 Å². The highest BCUT2D eigenvalue weighted by Crippen LogP contribution is 2.42. The van der Waals surface area contributed by atoms with E-state index in [1.54, 1.807) is 12.1 Å². The molecule has 2 aliphatic rings. The van der Waals surface area contributed by atoms with Gasteiger partial charge in [0, 0.05) is 6.20 Å². The molecule has 0 radical (unpaired) electrons. The zero-order valence-electron chi connectivity index (χ0n) is 15.1. The summed E-state index contributed by atoms with van der Waals surface area (Å²) < 4.78 is 40.9. The van der Waals surface area contributed by atoms with Crippen molar-refractivity contribution in [3.8, 4) is 5.75 Å². The first-order valence-electron chi connectivity index (χ1n) is 8.99. The predicted molar refractivity (Wildman–Crippen MR) is 97.3 cm³/mol. The maximum absolute atomic E-state index is 12.9. The van der Waals surface area contributed by atoms with Gasteiger partial charge in [0.2, 0.25) is 5.91 Å². The molecule has 2 N–H and O–H groups in total. The molecule has 1 atom stereocenters. The molecule has 1 aromatic heterocycles. The van der Waals surface area contributed by atoms with Crippen molar-refractivity contribution in [3.05, 3.63) is 48.2 Å². The largest absolute Gasteiger partial charge is 0.573 e. The first kappa shape index (κ1) is 19.0. The van der Waals surface area contributed by atoms with Gasteiger partial charge < -0.3 is 15.4 Å². The molecule has 0 bridgehead atoms. The van der Waals surface area contributed by atoms with E-state index in [2.05, 4.69) is 20.4 Å². The molecule has 29 heavy (non-hydrogen) atoms. The van der Waals surface area contributed by atoms with E-state index in [4.69, 9.17) is 0 Å². The highest BCUT2D eigenvalue weighted by Gasteiger charge is 2.36. The van der Waals surface area contributed by atoms with Gasteiger partial charge in [-0.2, -0.15) is 0 Å². The molecular weight excluding hydrogens is 389 g/mol. The zero-order chi connectivity index (χ0) is 20.6. The van der Waals surface area contributed by atoms with Crippen LogP contribution in [0.25, 0.3) is 0 Å². The van der Waals surface area contributed by atoms with Crippen LogP contribution in [0.2, 0.25) is 0 Å². The third-order valence-corrected chi connectivity index (χ3v) is 4.71. The van der Waals surface area contributed by atoms with Crippen LogP contribution >= 0.6 is 0 Å². The van der Waals surface area contributed by atoms with Crippen LogP contribution < -0.4 is 20.3 Å². The Kier molecular flexibility index (Phi) is 4.77. The summed E-state index contributed by atoms with van der Waals surface area (Å²) in [6.07, 6.45) is -1.46. The number of aromatic nitrogens is 1. The number of urea groups is 1. The molecule has 1 aromatic carbocycles. The van der Waals surface area contributed by atoms with Crippen molar-refractivity contribution in [3.63, 3.8) is 0 Å². The van der Waals surface area contributed by atoms with E-state index in [0.717, 1.165) is 12.8 Å². The standard InChI is InChI=1S/C19H17F3N4O3/c20-19(21,22)29-13-7-5-12(6-8-13)16(11-3-4-11)25-18(28)26-10-15(27)24-14-2-1-9-23-17(14)26/h1-2,5-9,11,16H,3-4,10H2,(H,24,27)(H,25,28). The number of hydrogen-bond acceptors (Lipinski definition) is 4. The Labute approximate surface area is 163 Å². The van der Waals surface area contributed by atoms with Crippen molar-refractivity contribution in [2.75, 3.05) is 16.8 Å². The second-order valence-corrected chi connectivity index (χ2v) is 6.89. The van der Waals surface area contributed by atoms with Crippen LogP contribution in [-0.2, 0) is 4.79 Å². The van der Waals surface area contributed by atoms with Gasteiger partial charge in [-0.1, -0.05) is 12.1 Å². The summed E-state index contributed by atoms with van der Waals surface area (Å²) in [5.41, 5.74) is 1.11. The number of nitrogens with zero attached hydrogens (tertiary/aromatic N) is 2. The summed E-state index contributed by atoms with van der Waals surface area (Å²) in [6, 6.07) is 7.85. The molecule has 0 spiro atoms. The molecule has 1 aliphatic heterocycles. The summed E-state index contributed by atoms with van der Waals surface area (Å²) >= 11 is 0. The molecule has 152 valence electrons. The summed E-state index contributed by atoms with van der Waals surface area (Å²) in [7, 11) is 0. The van der Waals surface area contributed by atoms with E-state index in [1.807, 2.05) is 0 Å². The number of benzene rings is 1. The minimum Gasteiger partial charge on any atom is -0.406 e. The van der Waals surface area contributed by atoms with Gasteiger partial charge in [0.15, 0.2) is 5.82 Å². The molecule has 2 aromatic rings. The third kappa shape index (κ3) is 4.41. The first-order chi connectivity index (χ1) is 13.8. The lowest BCUT2D eigenvalue weighted by Crippen LogP contribution is -2.48. The number of rotatable bonds is 4. The molecule has 2 heterocycles. The highest BCUT2D eigenvalue weighted by molar-refractivity contribution is 6.08. The number of anilines is 2. The van der Waals surface area contributed by atoms with Crippen LogP contribution in [-0.4, -0.2) is 29.8 Å². The third-order valence-electron chi connectivity index (χ3n) is 4.71. The van der Waals surface area contributed by atoms with Crippen LogP contribution in [0.4, 0.5) is 29.5 Å². The van der Waals surface area contributed by atoms with Crippen molar-refractivity contribution < 1.29 is 27.5 Å². The Morgan fingerprint density at radius 3 is 2.62 bits per heavy atom. The lowest BCUT2D eigenvalue weighted by molar-refractivity contribution is -0.274. The molecule has 1 aliphatic carbocycles. The van der Waals surface area contributed by atoms with Crippen LogP contribution in [0.1, 0.15) is 24.4 Å². The number of alkyl halides is 3. The average Bonchev–Trinajstić information content (AvgIpc) is 3.50. The van der Waals surface area contributed by atoms with Crippen LogP contribution in [0.5, 0.6) is 5.75 Å². The van der Waals surface area contributed by atoms with Crippen molar-refractivity contribution >= 4 is 23.4 Å². The molecule has 1 saturated carbocycles. The van der Waals surface area contributed by atoms with E-state index in [9.17, 15) is 22.8 Å². The number of carbonyl (C=O) groups excluding carboxylic acids is 2. The highest BCUT2D eigenvalue weighted by atomic mass is 19.4. The Morgan fingerprint density at radius 1 is 1.24 bits per heavy atom. The van der Waals surface area contributed by atoms with Crippen molar-refractivity contribution in [2.24, 2.45) is 5.92 Å². The molecule has 10 heteroatoms. The topological polar surface area (TPSA) is 83.6 Å². The van der Waals surface area contributed by atoms with E-state index in [0.29, 0.717) is 17.1 Å². The normalized spacial score (nSPS) is 17.2. The van der Waals surface area contributed by atoms with Gasteiger partial charge in [0.1, 0.15) is 12.3 Å². The van der Waals surface area contributed by atoms with Crippen molar-refractivity contribution in [2.45, 2.75) is 25.2 Å². The molecule has 3 amide bonds. The fourth-order valence-corrected chi connectivity index (χ4v) is 3.28. The minimum absolute atomic E-state index is 0.175. The maximum atomic E-state index is 12.9. The monoisotopic (exact) mass is 406 g/mol. The number of ether oxygens (including phenoxy) is 1. The zero-order valence-corrected chi connectivity index (χ0v) is 15.1. The van der Waals surface area contributed by atoms with Crippen molar-refractivity contribution in [1.29, 1.82) is 0 Å². The van der Waals surface area contributed by atoms with E-state index in [1.165, 1.54) is 35.4 Å². The number of pyridine rings is 1. The number of hydrogen-bond donors (Lipinski definition) is 2. The van der Waals surface area contributed by atoms with E-state index in [-0.39, 0.29) is 30.2 Å². The van der Waals surface area contributed by atoms with Gasteiger partial charge in [-0.05, 0) is 48.6 Å². The second kappa shape index (κ2) is 7.26. The van der Waals surface area contributed by atoms with Gasteiger partial charge in [-0.25, -0.2) is 9.78 Å². The van der Waals surface area contributed by atoms with Gasteiger partial charge in [0.05, 0.1) is 11.7 Å². The molecule has 1 fully saturated rings. The summed E-state index contributed by atoms with van der Waals surface area (Å²) in [5.74, 6) is -0.145. The van der Waals surface area contributed by atoms with Crippen LogP contribution in [0.3, 0.4) is 0 Å². The Balaban J connectivity index is 1.52. The van der Waals surface area contributed by atoms with Crippen LogP contribution in [0.15, 0.2) is 42.6 Å². The quantitative estimate of drug-likeness (QED) is 0.813. The average molecular weight is 406 g/mol. The number of nitrogens with one attached hydrogen (secondary N) is 2. The summed E-state index contributed by atoms with van der Waals surface area (Å²) in [4.78, 5) is 30.3. The lowest BCUT2D eigenvalue weighted by Gasteiger charge is -2.30. The summed E-state index contributed by atoms with van der Waals surface area (Å²) in [5, 5.41) is 5.56. The van der Waals surface area contributed by atoms with Crippen molar-refractivity contribution in [1.82, 2.24) is 10.3 Å². The smallest absolute Gasteiger partial charge is 0.406 e. The fourth-order valence-electron chi connectivity index (χ4n) is 3.28. The number of halogens is 3. The first-order valence-corrected chi connectivity index (χ1v) is 8.99. The number of carbonyl (C=O) groups is 2. The molecule has 1 unspecified atom stereocenters. The number of fused-ring (bicyclic) bond motifs is 1. The lowest BCUT2D eigenvalue weighted by atomic mass is 10.0. The predicted octanol–water partition coefficient (Wildman–Crippen LogP) is 3.60. The summed E-state index contributed by atoms with van der Waals surface area (Å²) in [6.45, 7) is -0.175. The van der Waals surface area contributed by atoms with Crippen LogP contribution in [0, 0.1) is 5.92 Å². The molecule has 7 nitrogen and oxygen atoms in total. The Morgan fingerprint density at radius 2 is 1.97 bits per heavy atom. The second-order valence-electron chi connectivity index (χ2n) is 6.89. The SMILES string of the molecule is O=C1CN(C(=O)NC(c2ccc(OC(F)(F)F)cc2)C2CC2)c2ncccc2N1. The Hall–Kier alpha value is -3.30. The van der Waals surface area contributed by atoms with Gasteiger partial charge >= 0.3 is 12.4 Å². The van der Waals surface area contributed by atoms with Gasteiger partial charge in [0.25, 0.3) is 0 Å². The minimum atomic E-state index is -4.76. The molecule has 4 rings (SSSR count). The fraction of sp³-hybridized carbons (Fsp3) is 0.316. The van der Waals surface area contributed by atoms with E-state index < -0.39 is 12.4 Å².